The first-order valence-corrected chi connectivity index (χ1v) is 6.27. The zero-order chi connectivity index (χ0) is 11.4. The molecule has 1 saturated heterocycles. The number of hydrogen-bond acceptors (Lipinski definition) is 2. The Hall–Kier alpha value is -1.02. The lowest BCUT2D eigenvalue weighted by molar-refractivity contribution is 0.144. The van der Waals surface area contributed by atoms with Crippen LogP contribution in [-0.4, -0.2) is 18.7 Å². The van der Waals surface area contributed by atoms with Crippen LogP contribution in [-0.2, 0) is 6.42 Å². The number of benzene rings is 1. The normalized spacial score (nSPS) is 25.4. The molecule has 0 spiro atoms. The van der Waals surface area contributed by atoms with Crippen LogP contribution in [0.3, 0.4) is 0 Å². The molecule has 0 amide bonds. The van der Waals surface area contributed by atoms with Crippen molar-refractivity contribution in [1.29, 1.82) is 0 Å². The van der Waals surface area contributed by atoms with Gasteiger partial charge < -0.3 is 10.1 Å². The van der Waals surface area contributed by atoms with E-state index in [2.05, 4.69) is 43.4 Å². The van der Waals surface area contributed by atoms with Crippen LogP contribution in [0.25, 0.3) is 0 Å². The highest BCUT2D eigenvalue weighted by Gasteiger charge is 2.19. The number of piperidine rings is 1. The monoisotopic (exact) mass is 219 g/mol. The standard InChI is InChI=1S/C14H21NO/c1-3-12-4-6-13(7-5-12)16-14-8-9-15-11(2)10-14/h4-7,11,14-15H,3,8-10H2,1-2H3. The van der Waals surface area contributed by atoms with Crippen molar-refractivity contribution in [3.8, 4) is 5.75 Å². The average Bonchev–Trinajstić information content (AvgIpc) is 2.30. The minimum Gasteiger partial charge on any atom is -0.490 e. The Balaban J connectivity index is 1.92. The van der Waals surface area contributed by atoms with Crippen molar-refractivity contribution < 1.29 is 4.74 Å². The van der Waals surface area contributed by atoms with E-state index in [1.54, 1.807) is 0 Å². The average molecular weight is 219 g/mol. The molecule has 16 heavy (non-hydrogen) atoms. The maximum Gasteiger partial charge on any atom is 0.119 e. The summed E-state index contributed by atoms with van der Waals surface area (Å²) >= 11 is 0. The SMILES string of the molecule is CCc1ccc(OC2CCNC(C)C2)cc1. The molecule has 2 rings (SSSR count). The molecule has 2 atom stereocenters. The molecule has 2 heteroatoms. The van der Waals surface area contributed by atoms with Crippen LogP contribution in [0.5, 0.6) is 5.75 Å². The smallest absolute Gasteiger partial charge is 0.119 e. The summed E-state index contributed by atoms with van der Waals surface area (Å²) in [6, 6.07) is 9.06. The molecule has 2 nitrogen and oxygen atoms in total. The summed E-state index contributed by atoms with van der Waals surface area (Å²) in [6.07, 6.45) is 3.68. The molecular weight excluding hydrogens is 198 g/mol. The third-order valence-electron chi connectivity index (χ3n) is 3.21. The van der Waals surface area contributed by atoms with Gasteiger partial charge in [-0.2, -0.15) is 0 Å². The molecule has 1 aromatic rings. The quantitative estimate of drug-likeness (QED) is 0.844. The van der Waals surface area contributed by atoms with Gasteiger partial charge in [0.05, 0.1) is 0 Å². The molecule has 0 bridgehead atoms. The molecule has 0 aromatic heterocycles. The summed E-state index contributed by atoms with van der Waals surface area (Å²) in [6.45, 7) is 5.46. The zero-order valence-corrected chi connectivity index (χ0v) is 10.2. The Labute approximate surface area is 98.0 Å². The van der Waals surface area contributed by atoms with Gasteiger partial charge in [-0.05, 0) is 50.4 Å². The van der Waals surface area contributed by atoms with E-state index >= 15 is 0 Å². The van der Waals surface area contributed by atoms with Gasteiger partial charge in [0.1, 0.15) is 11.9 Å². The van der Waals surface area contributed by atoms with E-state index in [4.69, 9.17) is 4.74 Å². The fourth-order valence-corrected chi connectivity index (χ4v) is 2.19. The van der Waals surface area contributed by atoms with E-state index in [9.17, 15) is 0 Å². The number of nitrogens with one attached hydrogen (secondary N) is 1. The third kappa shape index (κ3) is 2.99. The van der Waals surface area contributed by atoms with E-state index in [1.165, 1.54) is 5.56 Å². The fraction of sp³-hybridized carbons (Fsp3) is 0.571. The Morgan fingerprint density at radius 3 is 2.69 bits per heavy atom. The lowest BCUT2D eigenvalue weighted by Crippen LogP contribution is -2.40. The van der Waals surface area contributed by atoms with Crippen LogP contribution in [0.15, 0.2) is 24.3 Å². The van der Waals surface area contributed by atoms with E-state index in [-0.39, 0.29) is 0 Å². The first-order valence-electron chi connectivity index (χ1n) is 6.27. The molecule has 1 aliphatic rings. The molecule has 1 heterocycles. The highest BCUT2D eigenvalue weighted by atomic mass is 16.5. The van der Waals surface area contributed by atoms with Gasteiger partial charge in [-0.15, -0.1) is 0 Å². The summed E-state index contributed by atoms with van der Waals surface area (Å²) < 4.78 is 5.99. The van der Waals surface area contributed by atoms with Gasteiger partial charge in [-0.1, -0.05) is 19.1 Å². The molecule has 1 aromatic carbocycles. The largest absolute Gasteiger partial charge is 0.490 e. The van der Waals surface area contributed by atoms with Crippen LogP contribution in [0, 0.1) is 0 Å². The number of rotatable bonds is 3. The number of aryl methyl sites for hydroxylation is 1. The predicted octanol–water partition coefficient (Wildman–Crippen LogP) is 2.77. The van der Waals surface area contributed by atoms with E-state index in [0.717, 1.165) is 31.6 Å². The molecule has 0 radical (unpaired) electrons. The van der Waals surface area contributed by atoms with Gasteiger partial charge >= 0.3 is 0 Å². The number of ether oxygens (including phenoxy) is 1. The lowest BCUT2D eigenvalue weighted by atomic mass is 10.0. The summed E-state index contributed by atoms with van der Waals surface area (Å²) in [5, 5.41) is 3.44. The maximum atomic E-state index is 5.99. The molecule has 0 saturated carbocycles. The van der Waals surface area contributed by atoms with Crippen molar-refractivity contribution in [2.24, 2.45) is 0 Å². The van der Waals surface area contributed by atoms with Crippen LogP contribution in [0.2, 0.25) is 0 Å². The highest BCUT2D eigenvalue weighted by molar-refractivity contribution is 5.27. The Morgan fingerprint density at radius 2 is 2.06 bits per heavy atom. The van der Waals surface area contributed by atoms with Gasteiger partial charge in [0.25, 0.3) is 0 Å². The fourth-order valence-electron chi connectivity index (χ4n) is 2.19. The molecular formula is C14H21NO. The van der Waals surface area contributed by atoms with Gasteiger partial charge in [-0.25, -0.2) is 0 Å². The third-order valence-corrected chi connectivity index (χ3v) is 3.21. The molecule has 1 N–H and O–H groups in total. The van der Waals surface area contributed by atoms with E-state index < -0.39 is 0 Å². The Kier molecular flexibility index (Phi) is 3.83. The summed E-state index contributed by atoms with van der Waals surface area (Å²) in [5.41, 5.74) is 1.37. The van der Waals surface area contributed by atoms with Gasteiger partial charge in [0.2, 0.25) is 0 Å². The van der Waals surface area contributed by atoms with Crippen molar-refractivity contribution in [1.82, 2.24) is 5.32 Å². The zero-order valence-electron chi connectivity index (χ0n) is 10.2. The van der Waals surface area contributed by atoms with Crippen molar-refractivity contribution in [2.45, 2.75) is 45.3 Å². The van der Waals surface area contributed by atoms with E-state index in [1.807, 2.05) is 0 Å². The van der Waals surface area contributed by atoms with Gasteiger partial charge in [0, 0.05) is 6.04 Å². The Morgan fingerprint density at radius 1 is 1.31 bits per heavy atom. The van der Waals surface area contributed by atoms with Crippen LogP contribution >= 0.6 is 0 Å². The first kappa shape index (κ1) is 11.5. The van der Waals surface area contributed by atoms with Crippen molar-refractivity contribution in [2.75, 3.05) is 6.54 Å². The minimum absolute atomic E-state index is 0.378. The minimum atomic E-state index is 0.378. The topological polar surface area (TPSA) is 21.3 Å². The van der Waals surface area contributed by atoms with Crippen molar-refractivity contribution in [3.05, 3.63) is 29.8 Å². The van der Waals surface area contributed by atoms with Crippen molar-refractivity contribution >= 4 is 0 Å². The first-order chi connectivity index (χ1) is 7.78. The van der Waals surface area contributed by atoms with E-state index in [0.29, 0.717) is 12.1 Å². The maximum absolute atomic E-state index is 5.99. The Bertz CT molecular complexity index is 320. The summed E-state index contributed by atoms with van der Waals surface area (Å²) in [7, 11) is 0. The highest BCUT2D eigenvalue weighted by Crippen LogP contribution is 2.19. The molecule has 0 aliphatic carbocycles. The molecule has 1 aliphatic heterocycles. The molecule has 1 fully saturated rings. The summed E-state index contributed by atoms with van der Waals surface area (Å²) in [5.74, 6) is 1.01. The predicted molar refractivity (Wildman–Crippen MR) is 66.9 cm³/mol. The summed E-state index contributed by atoms with van der Waals surface area (Å²) in [4.78, 5) is 0. The van der Waals surface area contributed by atoms with Crippen molar-refractivity contribution in [3.63, 3.8) is 0 Å². The second-order valence-corrected chi connectivity index (χ2v) is 4.62. The second kappa shape index (κ2) is 5.35. The second-order valence-electron chi connectivity index (χ2n) is 4.62. The number of hydrogen-bond donors (Lipinski definition) is 1. The van der Waals surface area contributed by atoms with Crippen LogP contribution < -0.4 is 10.1 Å². The molecule has 88 valence electrons. The van der Waals surface area contributed by atoms with Gasteiger partial charge in [-0.3, -0.25) is 0 Å². The lowest BCUT2D eigenvalue weighted by Gasteiger charge is -2.28. The van der Waals surface area contributed by atoms with Crippen LogP contribution in [0.1, 0.15) is 32.3 Å². The van der Waals surface area contributed by atoms with Crippen LogP contribution in [0.4, 0.5) is 0 Å². The molecule has 2 unspecified atom stereocenters. The van der Waals surface area contributed by atoms with Gasteiger partial charge in [0.15, 0.2) is 0 Å².